The maximum atomic E-state index is 14.6. The van der Waals surface area contributed by atoms with E-state index in [2.05, 4.69) is 10.4 Å². The van der Waals surface area contributed by atoms with Gasteiger partial charge in [-0.25, -0.2) is 9.07 Å². The van der Waals surface area contributed by atoms with E-state index < -0.39 is 27.8 Å². The van der Waals surface area contributed by atoms with Crippen molar-refractivity contribution >= 4 is 23.0 Å². The standard InChI is InChI=1S/C22H20FN5O5/c1-14-12-20(29)21(25-27(14)18-4-2-3-5-19(18)28(31)32)22(30)24-15-6-7-17(16(23)13-15)26-8-10-33-11-9-26/h2-7,12-13H,8-11H2,1H3,(H,24,30). The molecule has 2 aromatic carbocycles. The Morgan fingerprint density at radius 2 is 1.88 bits per heavy atom. The fourth-order valence-corrected chi connectivity index (χ4v) is 3.58. The van der Waals surface area contributed by atoms with E-state index in [1.807, 2.05) is 4.90 Å². The molecule has 1 N–H and O–H groups in total. The number of ether oxygens (including phenoxy) is 1. The van der Waals surface area contributed by atoms with Crippen LogP contribution >= 0.6 is 0 Å². The van der Waals surface area contributed by atoms with E-state index in [4.69, 9.17) is 4.74 Å². The average molecular weight is 453 g/mol. The summed E-state index contributed by atoms with van der Waals surface area (Å²) in [5.74, 6) is -1.38. The molecule has 170 valence electrons. The number of nitro groups is 1. The zero-order chi connectivity index (χ0) is 23.5. The van der Waals surface area contributed by atoms with E-state index in [1.165, 1.54) is 30.3 Å². The summed E-state index contributed by atoms with van der Waals surface area (Å²) < 4.78 is 21.1. The number of hydrogen-bond acceptors (Lipinski definition) is 7. The second kappa shape index (κ2) is 9.17. The van der Waals surface area contributed by atoms with Crippen molar-refractivity contribution in [2.24, 2.45) is 0 Å². The summed E-state index contributed by atoms with van der Waals surface area (Å²) in [4.78, 5) is 37.9. The predicted octanol–water partition coefficient (Wildman–Crippen LogP) is 2.68. The van der Waals surface area contributed by atoms with Gasteiger partial charge in [0.15, 0.2) is 5.69 Å². The van der Waals surface area contributed by atoms with Gasteiger partial charge in [0, 0.05) is 36.6 Å². The molecule has 2 heterocycles. The lowest BCUT2D eigenvalue weighted by Gasteiger charge is -2.29. The van der Waals surface area contributed by atoms with Crippen LogP contribution in [-0.2, 0) is 4.74 Å². The Bertz CT molecular complexity index is 1290. The van der Waals surface area contributed by atoms with E-state index >= 15 is 0 Å². The third kappa shape index (κ3) is 4.58. The van der Waals surface area contributed by atoms with Crippen molar-refractivity contribution in [3.05, 3.63) is 86.1 Å². The van der Waals surface area contributed by atoms with Crippen LogP contribution in [0.2, 0.25) is 0 Å². The molecule has 1 aliphatic rings. The average Bonchev–Trinajstić information content (AvgIpc) is 2.80. The molecule has 4 rings (SSSR count). The molecular weight excluding hydrogens is 433 g/mol. The van der Waals surface area contributed by atoms with Crippen LogP contribution in [0.4, 0.5) is 21.5 Å². The van der Waals surface area contributed by atoms with Crippen LogP contribution < -0.4 is 15.6 Å². The van der Waals surface area contributed by atoms with Gasteiger partial charge in [0.05, 0.1) is 23.8 Å². The topological polar surface area (TPSA) is 120 Å². The number of carbonyl (C=O) groups is 1. The molecule has 3 aromatic rings. The van der Waals surface area contributed by atoms with E-state index in [9.17, 15) is 24.1 Å². The number of amides is 1. The van der Waals surface area contributed by atoms with Crippen LogP contribution in [0.25, 0.3) is 5.69 Å². The first-order chi connectivity index (χ1) is 15.8. The second-order valence-corrected chi connectivity index (χ2v) is 7.38. The van der Waals surface area contributed by atoms with Gasteiger partial charge < -0.3 is 15.0 Å². The summed E-state index contributed by atoms with van der Waals surface area (Å²) in [6, 6.07) is 11.3. The maximum absolute atomic E-state index is 14.6. The fourth-order valence-electron chi connectivity index (χ4n) is 3.58. The molecule has 0 radical (unpaired) electrons. The third-order valence-electron chi connectivity index (χ3n) is 5.19. The number of para-hydroxylation sites is 2. The summed E-state index contributed by atoms with van der Waals surface area (Å²) in [5.41, 5.74) is -0.413. The van der Waals surface area contributed by atoms with Gasteiger partial charge in [-0.2, -0.15) is 5.10 Å². The van der Waals surface area contributed by atoms with Crippen molar-refractivity contribution in [3.63, 3.8) is 0 Å². The van der Waals surface area contributed by atoms with Gasteiger partial charge in [0.25, 0.3) is 11.6 Å². The SMILES string of the molecule is Cc1cc(=O)c(C(=O)Nc2ccc(N3CCOCC3)c(F)c2)nn1-c1ccccc1[N+](=O)[O-]. The van der Waals surface area contributed by atoms with E-state index in [1.54, 1.807) is 19.1 Å². The van der Waals surface area contributed by atoms with E-state index in [-0.39, 0.29) is 17.1 Å². The van der Waals surface area contributed by atoms with Crippen molar-refractivity contribution in [1.29, 1.82) is 0 Å². The van der Waals surface area contributed by atoms with Crippen molar-refractivity contribution in [2.75, 3.05) is 36.5 Å². The number of carbonyl (C=O) groups excluding carboxylic acids is 1. The lowest BCUT2D eigenvalue weighted by molar-refractivity contribution is -0.384. The molecule has 1 saturated heterocycles. The normalized spacial score (nSPS) is 13.6. The quantitative estimate of drug-likeness (QED) is 0.466. The van der Waals surface area contributed by atoms with Gasteiger partial charge in [0.1, 0.15) is 11.5 Å². The molecule has 0 spiro atoms. The van der Waals surface area contributed by atoms with Crippen LogP contribution in [0.5, 0.6) is 0 Å². The van der Waals surface area contributed by atoms with E-state index in [0.717, 1.165) is 10.7 Å². The monoisotopic (exact) mass is 453 g/mol. The molecule has 1 aromatic heterocycles. The molecule has 0 aliphatic carbocycles. The number of rotatable bonds is 5. The largest absolute Gasteiger partial charge is 0.378 e. The number of nitro benzene ring substituents is 1. The molecule has 0 unspecified atom stereocenters. The fraction of sp³-hybridized carbons (Fsp3) is 0.227. The number of aromatic nitrogens is 2. The first-order valence-electron chi connectivity index (χ1n) is 10.1. The highest BCUT2D eigenvalue weighted by Gasteiger charge is 2.21. The number of aryl methyl sites for hydroxylation is 1. The molecule has 11 heteroatoms. The van der Waals surface area contributed by atoms with Gasteiger partial charge in [-0.15, -0.1) is 0 Å². The first kappa shape index (κ1) is 22.1. The zero-order valence-electron chi connectivity index (χ0n) is 17.7. The van der Waals surface area contributed by atoms with Crippen molar-refractivity contribution in [3.8, 4) is 5.69 Å². The Balaban J connectivity index is 1.63. The number of anilines is 2. The number of hydrogen-bond donors (Lipinski definition) is 1. The number of nitrogens with one attached hydrogen (secondary N) is 1. The molecule has 1 aliphatic heterocycles. The molecule has 33 heavy (non-hydrogen) atoms. The summed E-state index contributed by atoms with van der Waals surface area (Å²) >= 11 is 0. The Kier molecular flexibility index (Phi) is 6.13. The van der Waals surface area contributed by atoms with Crippen molar-refractivity contribution in [1.82, 2.24) is 9.78 Å². The number of halogens is 1. The molecular formula is C22H20FN5O5. The van der Waals surface area contributed by atoms with Crippen LogP contribution in [0.15, 0.2) is 53.3 Å². The van der Waals surface area contributed by atoms with Gasteiger partial charge >= 0.3 is 0 Å². The van der Waals surface area contributed by atoms with Crippen LogP contribution in [0.1, 0.15) is 16.2 Å². The van der Waals surface area contributed by atoms with Gasteiger partial charge in [-0.05, 0) is 31.2 Å². The summed E-state index contributed by atoms with van der Waals surface area (Å²) in [6.07, 6.45) is 0. The smallest absolute Gasteiger partial charge is 0.294 e. The number of morpholine rings is 1. The highest BCUT2D eigenvalue weighted by Crippen LogP contribution is 2.25. The number of nitrogens with zero attached hydrogens (tertiary/aromatic N) is 4. The molecule has 1 fully saturated rings. The molecule has 0 bridgehead atoms. The Morgan fingerprint density at radius 3 is 2.58 bits per heavy atom. The van der Waals surface area contributed by atoms with Crippen LogP contribution in [0.3, 0.4) is 0 Å². The first-order valence-corrected chi connectivity index (χ1v) is 10.1. The van der Waals surface area contributed by atoms with Crippen molar-refractivity contribution < 1.29 is 18.8 Å². The minimum atomic E-state index is -0.856. The summed E-state index contributed by atoms with van der Waals surface area (Å²) in [7, 11) is 0. The highest BCUT2D eigenvalue weighted by atomic mass is 19.1. The Labute approximate surface area is 187 Å². The van der Waals surface area contributed by atoms with Gasteiger partial charge in [-0.1, -0.05) is 12.1 Å². The minimum absolute atomic E-state index is 0.106. The zero-order valence-corrected chi connectivity index (χ0v) is 17.7. The van der Waals surface area contributed by atoms with E-state index in [0.29, 0.717) is 37.7 Å². The minimum Gasteiger partial charge on any atom is -0.378 e. The Morgan fingerprint density at radius 1 is 1.15 bits per heavy atom. The second-order valence-electron chi connectivity index (χ2n) is 7.38. The molecule has 0 atom stereocenters. The summed E-state index contributed by atoms with van der Waals surface area (Å²) in [6.45, 7) is 3.67. The lowest BCUT2D eigenvalue weighted by atomic mass is 10.2. The lowest BCUT2D eigenvalue weighted by Crippen LogP contribution is -2.36. The molecule has 0 saturated carbocycles. The summed E-state index contributed by atoms with van der Waals surface area (Å²) in [5, 5.41) is 17.9. The molecule has 10 nitrogen and oxygen atoms in total. The predicted molar refractivity (Wildman–Crippen MR) is 119 cm³/mol. The molecule has 1 amide bonds. The number of benzene rings is 2. The van der Waals surface area contributed by atoms with Gasteiger partial charge in [-0.3, -0.25) is 19.7 Å². The van der Waals surface area contributed by atoms with Crippen LogP contribution in [-0.4, -0.2) is 46.9 Å². The highest BCUT2D eigenvalue weighted by molar-refractivity contribution is 6.02. The third-order valence-corrected chi connectivity index (χ3v) is 5.19. The maximum Gasteiger partial charge on any atom is 0.294 e. The van der Waals surface area contributed by atoms with Gasteiger partial charge in [0.2, 0.25) is 5.43 Å². The van der Waals surface area contributed by atoms with Crippen LogP contribution in [0, 0.1) is 22.9 Å². The Hall–Kier alpha value is -4.12. The van der Waals surface area contributed by atoms with Crippen molar-refractivity contribution in [2.45, 2.75) is 6.92 Å².